The minimum absolute atomic E-state index is 0.170. The monoisotopic (exact) mass is 510 g/mol. The van der Waals surface area contributed by atoms with Crippen LogP contribution >= 0.6 is 0 Å². The van der Waals surface area contributed by atoms with E-state index in [1.807, 2.05) is 19.1 Å². The van der Waals surface area contributed by atoms with Crippen molar-refractivity contribution < 1.29 is 17.9 Å². The van der Waals surface area contributed by atoms with Gasteiger partial charge in [0.15, 0.2) is 0 Å². The quantitative estimate of drug-likeness (QED) is 0.305. The lowest BCUT2D eigenvalue weighted by Gasteiger charge is -2.27. The molecule has 37 heavy (non-hydrogen) atoms. The lowest BCUT2D eigenvalue weighted by atomic mass is 9.78. The second-order valence-corrected chi connectivity index (χ2v) is 10.9. The molecule has 2 fully saturated rings. The minimum atomic E-state index is -3.66. The van der Waals surface area contributed by atoms with Crippen molar-refractivity contribution in [2.24, 2.45) is 11.8 Å². The van der Waals surface area contributed by atoms with Gasteiger partial charge in [-0.15, -0.1) is 0 Å². The molecule has 0 unspecified atom stereocenters. The summed E-state index contributed by atoms with van der Waals surface area (Å²) in [6.45, 7) is 3.93. The largest absolute Gasteiger partial charge is 0.386 e. The van der Waals surface area contributed by atoms with Gasteiger partial charge in [0.25, 0.3) is 0 Å². The number of benzene rings is 2. The average molecular weight is 511 g/mol. The second-order valence-electron chi connectivity index (χ2n) is 10.9. The van der Waals surface area contributed by atoms with Crippen LogP contribution < -0.4 is 0 Å². The van der Waals surface area contributed by atoms with Gasteiger partial charge in [0.1, 0.15) is 5.82 Å². The third kappa shape index (κ3) is 7.37. The highest BCUT2D eigenvalue weighted by Gasteiger charge is 2.36. The molecular formula is C33H41F3O. The molecular weight excluding hydrogens is 469 g/mol. The zero-order valence-corrected chi connectivity index (χ0v) is 22.3. The lowest BCUT2D eigenvalue weighted by molar-refractivity contribution is -0.249. The van der Waals surface area contributed by atoms with Crippen molar-refractivity contribution in [1.82, 2.24) is 0 Å². The topological polar surface area (TPSA) is 9.23 Å². The molecule has 0 saturated heterocycles. The number of rotatable bonds is 9. The Balaban J connectivity index is 1.27. The molecule has 0 heterocycles. The Morgan fingerprint density at radius 1 is 0.757 bits per heavy atom. The van der Waals surface area contributed by atoms with Crippen LogP contribution in [0.2, 0.25) is 0 Å². The first kappa shape index (κ1) is 27.7. The zero-order valence-electron chi connectivity index (χ0n) is 22.3. The fourth-order valence-corrected chi connectivity index (χ4v) is 6.19. The SMILES string of the molecule is CC=CC1CCC(c2ccc(CCOC(F)(F)c3ccc(C4CCC(C=CC)CC4)cc3F)cc2)CC1. The van der Waals surface area contributed by atoms with Crippen LogP contribution in [0.4, 0.5) is 13.2 Å². The van der Waals surface area contributed by atoms with Crippen molar-refractivity contribution in [3.63, 3.8) is 0 Å². The molecule has 0 aliphatic heterocycles. The van der Waals surface area contributed by atoms with Crippen LogP contribution in [0.5, 0.6) is 0 Å². The Kier molecular flexibility index (Phi) is 9.70. The molecule has 4 heteroatoms. The van der Waals surface area contributed by atoms with E-state index in [0.29, 0.717) is 24.2 Å². The van der Waals surface area contributed by atoms with E-state index in [2.05, 4.69) is 43.4 Å². The summed E-state index contributed by atoms with van der Waals surface area (Å²) >= 11 is 0. The maximum Gasteiger partial charge on any atom is 0.386 e. The fourth-order valence-electron chi connectivity index (χ4n) is 6.19. The summed E-state index contributed by atoms with van der Waals surface area (Å²) in [5.74, 6) is 1.19. The van der Waals surface area contributed by atoms with Gasteiger partial charge in [-0.2, -0.15) is 8.78 Å². The lowest BCUT2D eigenvalue weighted by Crippen LogP contribution is -2.22. The molecule has 1 nitrogen and oxygen atoms in total. The predicted molar refractivity (Wildman–Crippen MR) is 145 cm³/mol. The van der Waals surface area contributed by atoms with E-state index in [4.69, 9.17) is 4.74 Å². The van der Waals surface area contributed by atoms with Gasteiger partial charge in [0.05, 0.1) is 12.2 Å². The van der Waals surface area contributed by atoms with Gasteiger partial charge in [0, 0.05) is 0 Å². The molecule has 0 atom stereocenters. The Bertz CT molecular complexity index is 1040. The van der Waals surface area contributed by atoms with E-state index >= 15 is 0 Å². The molecule has 0 spiro atoms. The number of alkyl halides is 2. The van der Waals surface area contributed by atoms with Crippen LogP contribution in [0, 0.1) is 17.7 Å². The normalized spacial score (nSPS) is 25.2. The molecule has 200 valence electrons. The first-order valence-electron chi connectivity index (χ1n) is 14.1. The van der Waals surface area contributed by atoms with E-state index in [0.717, 1.165) is 36.8 Å². The molecule has 2 saturated carbocycles. The standard InChI is InChI=1S/C33H41F3O/c1-3-5-24-7-13-27(14-8-24)28-15-11-26(12-16-28)21-22-37-33(35,36)31-20-19-30(23-32(31)34)29-17-9-25(6-4-2)10-18-29/h3-6,11-12,15-16,19-20,23-25,27,29H,7-10,13-14,17-18,21-22H2,1-2H3. The molecule has 4 rings (SSSR count). The van der Waals surface area contributed by atoms with Crippen molar-refractivity contribution in [3.05, 3.63) is 94.8 Å². The van der Waals surface area contributed by atoms with E-state index in [-0.39, 0.29) is 12.5 Å². The molecule has 0 aromatic heterocycles. The van der Waals surface area contributed by atoms with Crippen molar-refractivity contribution >= 4 is 0 Å². The minimum Gasteiger partial charge on any atom is -0.316 e. The number of halogens is 3. The third-order valence-electron chi connectivity index (χ3n) is 8.38. The average Bonchev–Trinajstić information content (AvgIpc) is 2.90. The van der Waals surface area contributed by atoms with Crippen LogP contribution in [0.15, 0.2) is 66.8 Å². The maximum absolute atomic E-state index is 14.8. The summed E-state index contributed by atoms with van der Waals surface area (Å²) in [5.41, 5.74) is 2.41. The highest BCUT2D eigenvalue weighted by Crippen LogP contribution is 2.39. The van der Waals surface area contributed by atoms with Crippen LogP contribution in [-0.4, -0.2) is 6.61 Å². The summed E-state index contributed by atoms with van der Waals surface area (Å²) in [6.07, 6.45) is 14.3. The van der Waals surface area contributed by atoms with E-state index in [9.17, 15) is 13.2 Å². The number of allylic oxidation sites excluding steroid dienone is 4. The van der Waals surface area contributed by atoms with E-state index < -0.39 is 17.5 Å². The molecule has 0 N–H and O–H groups in total. The zero-order chi connectivity index (χ0) is 26.3. The van der Waals surface area contributed by atoms with Crippen LogP contribution in [0.25, 0.3) is 0 Å². The van der Waals surface area contributed by atoms with Crippen molar-refractivity contribution in [3.8, 4) is 0 Å². The molecule has 0 bridgehead atoms. The van der Waals surface area contributed by atoms with Crippen molar-refractivity contribution in [2.75, 3.05) is 6.61 Å². The third-order valence-corrected chi connectivity index (χ3v) is 8.38. The Morgan fingerprint density at radius 2 is 1.27 bits per heavy atom. The van der Waals surface area contributed by atoms with Gasteiger partial charge < -0.3 is 4.74 Å². The smallest absolute Gasteiger partial charge is 0.316 e. The van der Waals surface area contributed by atoms with Crippen LogP contribution in [0.3, 0.4) is 0 Å². The van der Waals surface area contributed by atoms with E-state index in [1.165, 1.54) is 43.4 Å². The maximum atomic E-state index is 14.8. The van der Waals surface area contributed by atoms with Gasteiger partial charge >= 0.3 is 6.11 Å². The van der Waals surface area contributed by atoms with E-state index in [1.54, 1.807) is 6.07 Å². The first-order chi connectivity index (χ1) is 17.9. The van der Waals surface area contributed by atoms with Gasteiger partial charge in [0.2, 0.25) is 0 Å². The summed E-state index contributed by atoms with van der Waals surface area (Å²) in [4.78, 5) is 0. The highest BCUT2D eigenvalue weighted by molar-refractivity contribution is 5.30. The Hall–Kier alpha value is -2.33. The number of ether oxygens (including phenoxy) is 1. The summed E-state index contributed by atoms with van der Waals surface area (Å²) < 4.78 is 49.2. The molecule has 2 aliphatic carbocycles. The Labute approximate surface area is 220 Å². The second kappa shape index (κ2) is 13.0. The van der Waals surface area contributed by atoms with Gasteiger partial charge in [-0.3, -0.25) is 0 Å². The van der Waals surface area contributed by atoms with Crippen molar-refractivity contribution in [1.29, 1.82) is 0 Å². The predicted octanol–water partition coefficient (Wildman–Crippen LogP) is 9.83. The molecule has 0 radical (unpaired) electrons. The number of hydrogen-bond donors (Lipinski definition) is 0. The molecule has 2 aliphatic rings. The molecule has 0 amide bonds. The molecule has 2 aromatic rings. The summed E-state index contributed by atoms with van der Waals surface area (Å²) in [7, 11) is 0. The highest BCUT2D eigenvalue weighted by atomic mass is 19.3. The van der Waals surface area contributed by atoms with Crippen LogP contribution in [0.1, 0.15) is 99.3 Å². The van der Waals surface area contributed by atoms with Crippen molar-refractivity contribution in [2.45, 2.75) is 89.6 Å². The van der Waals surface area contributed by atoms with Gasteiger partial charge in [-0.1, -0.05) is 54.6 Å². The summed E-state index contributed by atoms with van der Waals surface area (Å²) in [5, 5.41) is 0. The van der Waals surface area contributed by atoms with Gasteiger partial charge in [-0.25, -0.2) is 4.39 Å². The van der Waals surface area contributed by atoms with Crippen LogP contribution in [-0.2, 0) is 17.3 Å². The molecule has 2 aromatic carbocycles. The first-order valence-corrected chi connectivity index (χ1v) is 14.1. The summed E-state index contributed by atoms with van der Waals surface area (Å²) in [6, 6.07) is 12.4. The Morgan fingerprint density at radius 3 is 1.78 bits per heavy atom. The number of hydrogen-bond acceptors (Lipinski definition) is 1. The fraction of sp³-hybridized carbons (Fsp3) is 0.515. The van der Waals surface area contributed by atoms with Gasteiger partial charge in [-0.05, 0) is 124 Å².